The SMILES string of the molecule is COc1ccc(-n2c(C)cc(C(=O)Nc3ccc(OC)nc3)c2C)cc1. The highest BCUT2D eigenvalue weighted by atomic mass is 16.5. The molecule has 1 N–H and O–H groups in total. The third kappa shape index (κ3) is 3.39. The number of methoxy groups -OCH3 is 2. The summed E-state index contributed by atoms with van der Waals surface area (Å²) in [5, 5.41) is 2.87. The molecule has 0 bridgehead atoms. The third-order valence-corrected chi connectivity index (χ3v) is 4.21. The predicted molar refractivity (Wildman–Crippen MR) is 101 cm³/mol. The fraction of sp³-hybridized carbons (Fsp3) is 0.200. The van der Waals surface area contributed by atoms with Crippen LogP contribution in [0.5, 0.6) is 11.6 Å². The van der Waals surface area contributed by atoms with Crippen molar-refractivity contribution in [3.8, 4) is 17.3 Å². The third-order valence-electron chi connectivity index (χ3n) is 4.21. The highest BCUT2D eigenvalue weighted by molar-refractivity contribution is 6.05. The number of anilines is 1. The number of hydrogen-bond acceptors (Lipinski definition) is 4. The molecule has 6 heteroatoms. The molecule has 2 aromatic heterocycles. The number of aryl methyl sites for hydroxylation is 1. The molecular formula is C20H21N3O3. The van der Waals surface area contributed by atoms with Gasteiger partial charge in [0, 0.05) is 23.1 Å². The van der Waals surface area contributed by atoms with Gasteiger partial charge in [-0.25, -0.2) is 4.98 Å². The number of pyridine rings is 1. The van der Waals surface area contributed by atoms with E-state index in [2.05, 4.69) is 10.3 Å². The van der Waals surface area contributed by atoms with E-state index >= 15 is 0 Å². The number of nitrogens with zero attached hydrogens (tertiary/aromatic N) is 2. The van der Waals surface area contributed by atoms with Crippen LogP contribution in [0.25, 0.3) is 5.69 Å². The molecule has 0 aliphatic heterocycles. The van der Waals surface area contributed by atoms with Gasteiger partial charge in [0.25, 0.3) is 5.91 Å². The Morgan fingerprint density at radius 1 is 1.04 bits per heavy atom. The van der Waals surface area contributed by atoms with Gasteiger partial charge in [0.05, 0.1) is 31.7 Å². The predicted octanol–water partition coefficient (Wildman–Crippen LogP) is 3.76. The monoisotopic (exact) mass is 351 g/mol. The van der Waals surface area contributed by atoms with E-state index in [-0.39, 0.29) is 5.91 Å². The van der Waals surface area contributed by atoms with E-state index in [1.807, 2.05) is 48.7 Å². The van der Waals surface area contributed by atoms with Crippen molar-refractivity contribution >= 4 is 11.6 Å². The van der Waals surface area contributed by atoms with Crippen LogP contribution in [0.3, 0.4) is 0 Å². The van der Waals surface area contributed by atoms with E-state index in [4.69, 9.17) is 9.47 Å². The Hall–Kier alpha value is -3.28. The number of hydrogen-bond donors (Lipinski definition) is 1. The quantitative estimate of drug-likeness (QED) is 0.760. The summed E-state index contributed by atoms with van der Waals surface area (Å²) in [5.41, 5.74) is 4.06. The maximum Gasteiger partial charge on any atom is 0.257 e. The van der Waals surface area contributed by atoms with Crippen LogP contribution in [0.4, 0.5) is 5.69 Å². The van der Waals surface area contributed by atoms with E-state index < -0.39 is 0 Å². The van der Waals surface area contributed by atoms with Gasteiger partial charge in [0.15, 0.2) is 0 Å². The number of carbonyl (C=O) groups excluding carboxylic acids is 1. The molecule has 0 saturated carbocycles. The molecular weight excluding hydrogens is 330 g/mol. The average molecular weight is 351 g/mol. The van der Waals surface area contributed by atoms with Gasteiger partial charge >= 0.3 is 0 Å². The average Bonchev–Trinajstić information content (AvgIpc) is 2.97. The molecule has 134 valence electrons. The molecule has 0 saturated heterocycles. The molecule has 0 fully saturated rings. The van der Waals surface area contributed by atoms with Gasteiger partial charge in [-0.1, -0.05) is 0 Å². The highest BCUT2D eigenvalue weighted by Crippen LogP contribution is 2.23. The Balaban J connectivity index is 1.87. The number of aromatic nitrogens is 2. The van der Waals surface area contributed by atoms with Crippen molar-refractivity contribution in [2.45, 2.75) is 13.8 Å². The lowest BCUT2D eigenvalue weighted by Gasteiger charge is -2.11. The molecule has 1 amide bonds. The molecule has 0 radical (unpaired) electrons. The van der Waals surface area contributed by atoms with Crippen molar-refractivity contribution in [2.24, 2.45) is 0 Å². The second-order valence-corrected chi connectivity index (χ2v) is 5.86. The number of amides is 1. The van der Waals surface area contributed by atoms with Crippen LogP contribution in [0.2, 0.25) is 0 Å². The molecule has 6 nitrogen and oxygen atoms in total. The van der Waals surface area contributed by atoms with Crippen LogP contribution < -0.4 is 14.8 Å². The Bertz CT molecular complexity index is 913. The van der Waals surface area contributed by atoms with Crippen molar-refractivity contribution in [2.75, 3.05) is 19.5 Å². The zero-order valence-corrected chi connectivity index (χ0v) is 15.2. The second kappa shape index (κ2) is 7.31. The Labute approximate surface area is 152 Å². The topological polar surface area (TPSA) is 65.4 Å². The highest BCUT2D eigenvalue weighted by Gasteiger charge is 2.17. The number of rotatable bonds is 5. The molecule has 26 heavy (non-hydrogen) atoms. The summed E-state index contributed by atoms with van der Waals surface area (Å²) in [6, 6.07) is 13.1. The van der Waals surface area contributed by atoms with Crippen molar-refractivity contribution < 1.29 is 14.3 Å². The summed E-state index contributed by atoms with van der Waals surface area (Å²) in [7, 11) is 3.19. The summed E-state index contributed by atoms with van der Waals surface area (Å²) in [6.45, 7) is 3.90. The second-order valence-electron chi connectivity index (χ2n) is 5.86. The van der Waals surface area contributed by atoms with Crippen LogP contribution in [0.1, 0.15) is 21.7 Å². The zero-order valence-electron chi connectivity index (χ0n) is 15.2. The maximum atomic E-state index is 12.7. The first-order chi connectivity index (χ1) is 12.5. The number of benzene rings is 1. The molecule has 0 unspecified atom stereocenters. The normalized spacial score (nSPS) is 10.5. The number of nitrogens with one attached hydrogen (secondary N) is 1. The largest absolute Gasteiger partial charge is 0.497 e. The van der Waals surface area contributed by atoms with E-state index in [1.54, 1.807) is 32.5 Å². The molecule has 0 spiro atoms. The van der Waals surface area contributed by atoms with Crippen molar-refractivity contribution in [3.05, 3.63) is 65.6 Å². The van der Waals surface area contributed by atoms with E-state index in [1.165, 1.54) is 0 Å². The number of carbonyl (C=O) groups is 1. The van der Waals surface area contributed by atoms with Crippen molar-refractivity contribution in [1.29, 1.82) is 0 Å². The summed E-state index contributed by atoms with van der Waals surface area (Å²) >= 11 is 0. The molecule has 0 aliphatic rings. The van der Waals surface area contributed by atoms with Crippen molar-refractivity contribution in [1.82, 2.24) is 9.55 Å². The van der Waals surface area contributed by atoms with Gasteiger partial charge in [-0.2, -0.15) is 0 Å². The zero-order chi connectivity index (χ0) is 18.7. The van der Waals surface area contributed by atoms with E-state index in [0.717, 1.165) is 22.8 Å². The minimum atomic E-state index is -0.176. The van der Waals surface area contributed by atoms with Crippen molar-refractivity contribution in [3.63, 3.8) is 0 Å². The Kier molecular flexibility index (Phi) is 4.93. The first-order valence-electron chi connectivity index (χ1n) is 8.18. The van der Waals surface area contributed by atoms with Gasteiger partial charge in [0.1, 0.15) is 5.75 Å². The molecule has 3 aromatic rings. The minimum absolute atomic E-state index is 0.176. The molecule has 2 heterocycles. The summed E-state index contributed by atoms with van der Waals surface area (Å²) in [5.74, 6) is 1.12. The molecule has 1 aromatic carbocycles. The number of ether oxygens (including phenoxy) is 2. The standard InChI is InChI=1S/C20H21N3O3/c1-13-11-18(20(24)22-15-5-10-19(26-4)21-12-15)14(2)23(13)16-6-8-17(25-3)9-7-16/h5-12H,1-4H3,(H,22,24). The summed E-state index contributed by atoms with van der Waals surface area (Å²) in [4.78, 5) is 16.8. The fourth-order valence-electron chi connectivity index (χ4n) is 2.89. The van der Waals surface area contributed by atoms with Crippen LogP contribution in [-0.4, -0.2) is 29.7 Å². The fourth-order valence-corrected chi connectivity index (χ4v) is 2.89. The lowest BCUT2D eigenvalue weighted by atomic mass is 10.2. The van der Waals surface area contributed by atoms with Crippen LogP contribution in [-0.2, 0) is 0 Å². The smallest absolute Gasteiger partial charge is 0.257 e. The van der Waals surface area contributed by atoms with Gasteiger partial charge in [-0.05, 0) is 50.2 Å². The Morgan fingerprint density at radius 2 is 1.77 bits per heavy atom. The molecule has 0 aliphatic carbocycles. The lowest BCUT2D eigenvalue weighted by molar-refractivity contribution is 0.102. The Morgan fingerprint density at radius 3 is 2.35 bits per heavy atom. The van der Waals surface area contributed by atoms with E-state index in [9.17, 15) is 4.79 Å². The minimum Gasteiger partial charge on any atom is -0.497 e. The first-order valence-corrected chi connectivity index (χ1v) is 8.18. The summed E-state index contributed by atoms with van der Waals surface area (Å²) < 4.78 is 12.3. The van der Waals surface area contributed by atoms with Crippen LogP contribution in [0.15, 0.2) is 48.7 Å². The van der Waals surface area contributed by atoms with Gasteiger partial charge in [0.2, 0.25) is 5.88 Å². The van der Waals surface area contributed by atoms with Crippen LogP contribution in [0, 0.1) is 13.8 Å². The van der Waals surface area contributed by atoms with Gasteiger partial charge in [-0.15, -0.1) is 0 Å². The lowest BCUT2D eigenvalue weighted by Crippen LogP contribution is -2.13. The molecule has 0 atom stereocenters. The van der Waals surface area contributed by atoms with Gasteiger partial charge in [-0.3, -0.25) is 4.79 Å². The van der Waals surface area contributed by atoms with Gasteiger partial charge < -0.3 is 19.4 Å². The summed E-state index contributed by atoms with van der Waals surface area (Å²) in [6.07, 6.45) is 1.57. The molecule has 3 rings (SSSR count). The van der Waals surface area contributed by atoms with E-state index in [0.29, 0.717) is 17.1 Å². The first kappa shape index (κ1) is 17.5. The van der Waals surface area contributed by atoms with Crippen LogP contribution >= 0.6 is 0 Å². The maximum absolute atomic E-state index is 12.7.